The largest absolute Gasteiger partial charge is 0.465 e. The minimum absolute atomic E-state index is 0.195. The molecule has 37 heavy (non-hydrogen) atoms. The number of nitrogens with zero attached hydrogens (tertiary/aromatic N) is 5. The number of nitrogen functional groups attached to an aromatic ring is 1. The van der Waals surface area contributed by atoms with Crippen molar-refractivity contribution >= 4 is 36.2 Å². The number of aromatic nitrogens is 4. The molecule has 0 radical (unpaired) electrons. The number of ether oxygens (including phenoxy) is 2. The molecule has 2 rings (SSSR count). The number of hydrogen-bond acceptors (Lipinski definition) is 10. The number of esters is 1. The van der Waals surface area contributed by atoms with Gasteiger partial charge in [-0.05, 0) is 52.4 Å². The SMILES string of the molecule is CCOC(=O)C(C)(C)N[P@@](=O)(CO[C@H](C)Cn1cnc2c(N)ncnc21)ON=C(CC(C)C)CC(C)C. The molecule has 0 aliphatic carbocycles. The maximum absolute atomic E-state index is 13.9. The minimum atomic E-state index is -3.79. The Bertz CT molecular complexity index is 1100. The van der Waals surface area contributed by atoms with E-state index in [0.717, 1.165) is 5.71 Å². The lowest BCUT2D eigenvalue weighted by molar-refractivity contribution is -0.149. The molecule has 0 bridgehead atoms. The van der Waals surface area contributed by atoms with Crippen molar-refractivity contribution in [2.45, 2.75) is 86.4 Å². The van der Waals surface area contributed by atoms with Crippen LogP contribution in [0.2, 0.25) is 0 Å². The molecule has 0 aromatic carbocycles. The molecule has 0 saturated carbocycles. The van der Waals surface area contributed by atoms with E-state index in [1.165, 1.54) is 6.33 Å². The lowest BCUT2D eigenvalue weighted by Crippen LogP contribution is -2.46. The highest BCUT2D eigenvalue weighted by molar-refractivity contribution is 7.56. The van der Waals surface area contributed by atoms with Gasteiger partial charge in [0.2, 0.25) is 0 Å². The smallest absolute Gasteiger partial charge is 0.365 e. The molecule has 0 aliphatic rings. The summed E-state index contributed by atoms with van der Waals surface area (Å²) in [4.78, 5) is 24.9. The van der Waals surface area contributed by atoms with Crippen molar-refractivity contribution in [1.29, 1.82) is 0 Å². The number of rotatable bonds is 15. The third kappa shape index (κ3) is 9.36. The quantitative estimate of drug-likeness (QED) is 0.144. The fourth-order valence-corrected chi connectivity index (χ4v) is 5.46. The molecule has 2 atom stereocenters. The van der Waals surface area contributed by atoms with Gasteiger partial charge in [0.15, 0.2) is 11.5 Å². The molecule has 208 valence electrons. The summed E-state index contributed by atoms with van der Waals surface area (Å²) in [5.74, 6) is 0.437. The van der Waals surface area contributed by atoms with Crippen molar-refractivity contribution < 1.29 is 23.5 Å². The van der Waals surface area contributed by atoms with Gasteiger partial charge in [0.25, 0.3) is 0 Å². The van der Waals surface area contributed by atoms with Crippen LogP contribution in [0.3, 0.4) is 0 Å². The van der Waals surface area contributed by atoms with E-state index >= 15 is 0 Å². The average molecular weight is 540 g/mol. The fourth-order valence-electron chi connectivity index (χ4n) is 3.67. The van der Waals surface area contributed by atoms with Crippen LogP contribution in [-0.4, -0.2) is 55.8 Å². The molecule has 13 heteroatoms. The Labute approximate surface area is 219 Å². The topological polar surface area (TPSA) is 156 Å². The average Bonchev–Trinajstić information content (AvgIpc) is 3.19. The van der Waals surface area contributed by atoms with Gasteiger partial charge in [0, 0.05) is 0 Å². The highest BCUT2D eigenvalue weighted by atomic mass is 31.2. The predicted molar refractivity (Wildman–Crippen MR) is 144 cm³/mol. The standard InChI is InChI=1S/C24H42N7O5P/c1-9-34-23(32)24(7,8)30-37(33,36-29-19(10-16(2)3)11-17(4)5)15-35-18(6)12-31-14-28-20-21(25)26-13-27-22(20)31/h13-14,16-18H,9-12,15H2,1-8H3,(H,30,33)(H2,25,26,27)/t18-,37-/m1/s1. The molecular formula is C24H42N7O5P. The molecule has 0 saturated heterocycles. The summed E-state index contributed by atoms with van der Waals surface area (Å²) in [5.41, 5.74) is 6.45. The highest BCUT2D eigenvalue weighted by Crippen LogP contribution is 2.46. The maximum atomic E-state index is 13.9. The number of nitrogens with two attached hydrogens (primary N) is 1. The lowest BCUT2D eigenvalue weighted by atomic mass is 9.99. The summed E-state index contributed by atoms with van der Waals surface area (Å²) >= 11 is 0. The van der Waals surface area contributed by atoms with Gasteiger partial charge in [0.1, 0.15) is 23.7 Å². The van der Waals surface area contributed by atoms with E-state index in [0.29, 0.717) is 42.4 Å². The first-order valence-corrected chi connectivity index (χ1v) is 14.4. The van der Waals surface area contributed by atoms with E-state index in [1.54, 1.807) is 31.7 Å². The number of anilines is 1. The van der Waals surface area contributed by atoms with Crippen LogP contribution < -0.4 is 10.8 Å². The molecule has 2 heterocycles. The van der Waals surface area contributed by atoms with E-state index in [2.05, 4.69) is 52.9 Å². The van der Waals surface area contributed by atoms with Gasteiger partial charge in [0.05, 0.1) is 31.3 Å². The van der Waals surface area contributed by atoms with Crippen LogP contribution in [0.1, 0.15) is 68.2 Å². The number of fused-ring (bicyclic) bond motifs is 1. The van der Waals surface area contributed by atoms with Gasteiger partial charge in [-0.2, -0.15) is 0 Å². The molecule has 0 spiro atoms. The Morgan fingerprint density at radius 3 is 2.41 bits per heavy atom. The number of oxime groups is 1. The maximum Gasteiger partial charge on any atom is 0.365 e. The molecule has 0 aliphatic heterocycles. The first-order chi connectivity index (χ1) is 17.3. The predicted octanol–water partition coefficient (Wildman–Crippen LogP) is 4.36. The molecule has 0 fully saturated rings. The monoisotopic (exact) mass is 539 g/mol. The zero-order valence-electron chi connectivity index (χ0n) is 23.2. The normalized spacial score (nSPS) is 14.5. The van der Waals surface area contributed by atoms with Crippen LogP contribution in [0.25, 0.3) is 11.2 Å². The number of carbonyl (C=O) groups is 1. The fraction of sp³-hybridized carbons (Fsp3) is 0.708. The van der Waals surface area contributed by atoms with Gasteiger partial charge in [-0.3, -0.25) is 9.36 Å². The van der Waals surface area contributed by atoms with Gasteiger partial charge in [-0.15, -0.1) is 0 Å². The van der Waals surface area contributed by atoms with Gasteiger partial charge in [-0.25, -0.2) is 20.0 Å². The summed E-state index contributed by atoms with van der Waals surface area (Å²) < 4.78 is 32.5. The summed E-state index contributed by atoms with van der Waals surface area (Å²) in [6, 6.07) is 0. The molecule has 12 nitrogen and oxygen atoms in total. The summed E-state index contributed by atoms with van der Waals surface area (Å²) in [6.07, 6.45) is 3.65. The third-order valence-electron chi connectivity index (χ3n) is 5.24. The Morgan fingerprint density at radius 2 is 1.81 bits per heavy atom. The summed E-state index contributed by atoms with van der Waals surface area (Å²) in [7, 11) is -3.79. The van der Waals surface area contributed by atoms with E-state index in [-0.39, 0.29) is 18.8 Å². The van der Waals surface area contributed by atoms with Crippen molar-refractivity contribution in [3.8, 4) is 0 Å². The zero-order valence-corrected chi connectivity index (χ0v) is 24.1. The molecule has 0 amide bonds. The van der Waals surface area contributed by atoms with Crippen LogP contribution >= 0.6 is 7.52 Å². The van der Waals surface area contributed by atoms with Crippen molar-refractivity contribution in [3.63, 3.8) is 0 Å². The number of carbonyl (C=O) groups excluding carboxylic acids is 1. The summed E-state index contributed by atoms with van der Waals surface area (Å²) in [5, 5.41) is 7.12. The van der Waals surface area contributed by atoms with E-state index in [4.69, 9.17) is 19.8 Å². The van der Waals surface area contributed by atoms with Crippen molar-refractivity contribution in [2.24, 2.45) is 17.0 Å². The second-order valence-electron chi connectivity index (χ2n) is 10.5. The Kier molecular flexibility index (Phi) is 11.0. The number of hydrogen-bond donors (Lipinski definition) is 2. The van der Waals surface area contributed by atoms with Gasteiger partial charge < -0.3 is 24.4 Å². The highest BCUT2D eigenvalue weighted by Gasteiger charge is 2.39. The van der Waals surface area contributed by atoms with Crippen molar-refractivity contribution in [1.82, 2.24) is 24.6 Å². The third-order valence-corrected chi connectivity index (χ3v) is 6.97. The van der Waals surface area contributed by atoms with Crippen LogP contribution in [0.15, 0.2) is 17.8 Å². The zero-order chi connectivity index (χ0) is 27.8. The molecule has 2 aromatic rings. The Hall–Kier alpha value is -2.56. The molecule has 2 aromatic heterocycles. The van der Waals surface area contributed by atoms with E-state index in [1.807, 2.05) is 6.92 Å². The lowest BCUT2D eigenvalue weighted by Gasteiger charge is -2.29. The van der Waals surface area contributed by atoms with Gasteiger partial charge >= 0.3 is 13.5 Å². The first-order valence-electron chi connectivity index (χ1n) is 12.6. The van der Waals surface area contributed by atoms with Crippen LogP contribution in [0.5, 0.6) is 0 Å². The molecule has 0 unspecified atom stereocenters. The Morgan fingerprint density at radius 1 is 1.16 bits per heavy atom. The van der Waals surface area contributed by atoms with E-state index < -0.39 is 25.1 Å². The number of imidazole rings is 1. The van der Waals surface area contributed by atoms with Crippen LogP contribution in [0, 0.1) is 11.8 Å². The number of nitrogens with one attached hydrogen (secondary N) is 1. The van der Waals surface area contributed by atoms with Crippen molar-refractivity contribution in [2.75, 3.05) is 18.7 Å². The molecule has 3 N–H and O–H groups in total. The molecular weight excluding hydrogens is 497 g/mol. The first kappa shape index (κ1) is 30.7. The Balaban J connectivity index is 2.22. The minimum Gasteiger partial charge on any atom is -0.465 e. The van der Waals surface area contributed by atoms with Gasteiger partial charge in [-0.1, -0.05) is 32.9 Å². The van der Waals surface area contributed by atoms with Crippen molar-refractivity contribution in [3.05, 3.63) is 12.7 Å². The van der Waals surface area contributed by atoms with Crippen LogP contribution in [0.4, 0.5) is 5.82 Å². The van der Waals surface area contributed by atoms with E-state index in [9.17, 15) is 9.36 Å². The van der Waals surface area contributed by atoms with Crippen LogP contribution in [-0.2, 0) is 30.0 Å². The summed E-state index contributed by atoms with van der Waals surface area (Å²) in [6.45, 7) is 15.6. The second-order valence-corrected chi connectivity index (χ2v) is 12.5. The second kappa shape index (κ2) is 13.3.